The molecule has 2 N–H and O–H groups in total. The SMILES string of the molecule is Nc1nc2nc(C3CCN(C(=O)c4cncnc4)CC3)ccc2s1. The monoisotopic (exact) mass is 340 g/mol. The van der Waals surface area contributed by atoms with Crippen molar-refractivity contribution in [1.82, 2.24) is 24.8 Å². The number of nitrogen functional groups attached to an aromatic ring is 1. The number of carbonyl (C=O) groups excluding carboxylic acids is 1. The number of rotatable bonds is 2. The van der Waals surface area contributed by atoms with Gasteiger partial charge in [-0.1, -0.05) is 11.3 Å². The van der Waals surface area contributed by atoms with Gasteiger partial charge in [0.2, 0.25) is 0 Å². The van der Waals surface area contributed by atoms with Gasteiger partial charge in [-0.05, 0) is 25.0 Å². The highest BCUT2D eigenvalue weighted by molar-refractivity contribution is 7.21. The average molecular weight is 340 g/mol. The summed E-state index contributed by atoms with van der Waals surface area (Å²) in [5.74, 6) is 0.332. The van der Waals surface area contributed by atoms with Gasteiger partial charge in [-0.3, -0.25) is 4.79 Å². The zero-order valence-corrected chi connectivity index (χ0v) is 13.7. The van der Waals surface area contributed by atoms with E-state index in [0.29, 0.717) is 29.7 Å². The zero-order chi connectivity index (χ0) is 16.5. The van der Waals surface area contributed by atoms with Crippen LogP contribution in [0.3, 0.4) is 0 Å². The number of carbonyl (C=O) groups is 1. The number of amides is 1. The van der Waals surface area contributed by atoms with Crippen molar-refractivity contribution in [3.05, 3.63) is 42.1 Å². The minimum Gasteiger partial charge on any atom is -0.375 e. The van der Waals surface area contributed by atoms with Crippen LogP contribution < -0.4 is 5.73 Å². The Bertz CT molecular complexity index is 873. The summed E-state index contributed by atoms with van der Waals surface area (Å²) < 4.78 is 1.01. The standard InChI is InChI=1S/C16H16N6OS/c17-16-21-14-13(24-16)2-1-12(20-14)10-3-5-22(6-4-10)15(23)11-7-18-9-19-8-11/h1-2,7-10H,3-6H2,(H2,17,20,21). The molecule has 0 radical (unpaired) electrons. The van der Waals surface area contributed by atoms with Crippen molar-refractivity contribution in [3.8, 4) is 0 Å². The number of hydrogen-bond donors (Lipinski definition) is 1. The number of nitrogens with zero attached hydrogens (tertiary/aromatic N) is 5. The Hall–Kier alpha value is -2.61. The lowest BCUT2D eigenvalue weighted by Crippen LogP contribution is -2.38. The van der Waals surface area contributed by atoms with Crippen LogP contribution in [0.2, 0.25) is 0 Å². The van der Waals surface area contributed by atoms with E-state index < -0.39 is 0 Å². The molecule has 1 amide bonds. The van der Waals surface area contributed by atoms with Crippen molar-refractivity contribution in [2.24, 2.45) is 0 Å². The van der Waals surface area contributed by atoms with Gasteiger partial charge in [0, 0.05) is 37.1 Å². The summed E-state index contributed by atoms with van der Waals surface area (Å²) in [5, 5.41) is 0.542. The zero-order valence-electron chi connectivity index (χ0n) is 12.9. The molecule has 7 nitrogen and oxygen atoms in total. The normalized spacial score (nSPS) is 15.8. The first-order chi connectivity index (χ1) is 11.7. The summed E-state index contributed by atoms with van der Waals surface area (Å²) in [4.78, 5) is 31.0. The predicted octanol–water partition coefficient (Wildman–Crippen LogP) is 2.08. The van der Waals surface area contributed by atoms with Gasteiger partial charge in [-0.25, -0.2) is 19.9 Å². The number of fused-ring (bicyclic) bond motifs is 1. The maximum atomic E-state index is 12.4. The predicted molar refractivity (Wildman–Crippen MR) is 91.7 cm³/mol. The lowest BCUT2D eigenvalue weighted by Gasteiger charge is -2.31. The van der Waals surface area contributed by atoms with Crippen molar-refractivity contribution < 1.29 is 4.79 Å². The smallest absolute Gasteiger partial charge is 0.256 e. The Morgan fingerprint density at radius 3 is 2.67 bits per heavy atom. The molecule has 1 fully saturated rings. The van der Waals surface area contributed by atoms with Crippen LogP contribution in [0.5, 0.6) is 0 Å². The molecule has 24 heavy (non-hydrogen) atoms. The number of pyridine rings is 1. The van der Waals surface area contributed by atoms with Crippen molar-refractivity contribution in [3.63, 3.8) is 0 Å². The number of likely N-dealkylation sites (tertiary alicyclic amines) is 1. The Morgan fingerprint density at radius 1 is 1.17 bits per heavy atom. The summed E-state index contributed by atoms with van der Waals surface area (Å²) in [6, 6.07) is 4.08. The third-order valence-corrected chi connectivity index (χ3v) is 5.14. The van der Waals surface area contributed by atoms with E-state index in [1.165, 1.54) is 17.7 Å². The van der Waals surface area contributed by atoms with Crippen molar-refractivity contribution in [2.45, 2.75) is 18.8 Å². The molecule has 0 aromatic carbocycles. The van der Waals surface area contributed by atoms with E-state index in [-0.39, 0.29) is 5.91 Å². The van der Waals surface area contributed by atoms with Gasteiger partial charge in [0.25, 0.3) is 5.91 Å². The summed E-state index contributed by atoms with van der Waals surface area (Å²) in [5.41, 5.74) is 8.02. The molecule has 0 saturated carbocycles. The Morgan fingerprint density at radius 2 is 1.92 bits per heavy atom. The van der Waals surface area contributed by atoms with Crippen LogP contribution in [0.15, 0.2) is 30.9 Å². The minimum absolute atomic E-state index is 0.00950. The van der Waals surface area contributed by atoms with Gasteiger partial charge in [0.15, 0.2) is 10.8 Å². The first-order valence-corrected chi connectivity index (χ1v) is 8.59. The third kappa shape index (κ3) is 2.80. The molecule has 1 aliphatic rings. The molecule has 1 aliphatic heterocycles. The van der Waals surface area contributed by atoms with Crippen molar-refractivity contribution >= 4 is 32.7 Å². The van der Waals surface area contributed by atoms with Gasteiger partial charge < -0.3 is 10.6 Å². The molecule has 8 heteroatoms. The van der Waals surface area contributed by atoms with Crippen LogP contribution in [0.1, 0.15) is 34.8 Å². The maximum Gasteiger partial charge on any atom is 0.256 e. The molecule has 3 aromatic heterocycles. The topological polar surface area (TPSA) is 97.9 Å². The van der Waals surface area contributed by atoms with E-state index in [1.54, 1.807) is 12.4 Å². The number of anilines is 1. The molecule has 122 valence electrons. The van der Waals surface area contributed by atoms with Crippen LogP contribution >= 0.6 is 11.3 Å². The van der Waals surface area contributed by atoms with E-state index >= 15 is 0 Å². The quantitative estimate of drug-likeness (QED) is 0.767. The first kappa shape index (κ1) is 14.9. The van der Waals surface area contributed by atoms with E-state index in [9.17, 15) is 4.79 Å². The fourth-order valence-corrected chi connectivity index (χ4v) is 3.72. The van der Waals surface area contributed by atoms with E-state index in [4.69, 9.17) is 5.73 Å². The number of aromatic nitrogens is 4. The first-order valence-electron chi connectivity index (χ1n) is 7.78. The highest BCUT2D eigenvalue weighted by atomic mass is 32.1. The highest BCUT2D eigenvalue weighted by Crippen LogP contribution is 2.30. The van der Waals surface area contributed by atoms with E-state index in [2.05, 4.69) is 19.9 Å². The number of piperidine rings is 1. The molecule has 0 spiro atoms. The second kappa shape index (κ2) is 6.12. The Labute approximate surface area is 142 Å². The van der Waals surface area contributed by atoms with Gasteiger partial charge in [0.1, 0.15) is 6.33 Å². The minimum atomic E-state index is -0.00950. The van der Waals surface area contributed by atoms with Crippen molar-refractivity contribution in [2.75, 3.05) is 18.8 Å². The lowest BCUT2D eigenvalue weighted by molar-refractivity contribution is 0.0711. The second-order valence-corrected chi connectivity index (χ2v) is 6.87. The molecule has 4 rings (SSSR count). The third-order valence-electron chi connectivity index (χ3n) is 4.30. The summed E-state index contributed by atoms with van der Waals surface area (Å²) >= 11 is 1.45. The van der Waals surface area contributed by atoms with Gasteiger partial charge in [-0.2, -0.15) is 0 Å². The van der Waals surface area contributed by atoms with E-state index in [1.807, 2.05) is 17.0 Å². The Balaban J connectivity index is 1.46. The van der Waals surface area contributed by atoms with Crippen LogP contribution in [0.25, 0.3) is 10.3 Å². The lowest BCUT2D eigenvalue weighted by atomic mass is 9.93. The molecule has 0 bridgehead atoms. The van der Waals surface area contributed by atoms with Crippen LogP contribution in [0, 0.1) is 0 Å². The maximum absolute atomic E-state index is 12.4. The summed E-state index contributed by atoms with van der Waals surface area (Å²) in [7, 11) is 0. The summed E-state index contributed by atoms with van der Waals surface area (Å²) in [6.45, 7) is 1.41. The van der Waals surface area contributed by atoms with E-state index in [0.717, 1.165) is 28.9 Å². The average Bonchev–Trinajstić information content (AvgIpc) is 3.01. The largest absolute Gasteiger partial charge is 0.375 e. The summed E-state index contributed by atoms with van der Waals surface area (Å²) in [6.07, 6.45) is 6.32. The van der Waals surface area contributed by atoms with Gasteiger partial charge in [-0.15, -0.1) is 0 Å². The molecule has 0 atom stereocenters. The molecule has 3 aromatic rings. The highest BCUT2D eigenvalue weighted by Gasteiger charge is 2.25. The molecule has 0 aliphatic carbocycles. The molecule has 4 heterocycles. The van der Waals surface area contributed by atoms with Crippen LogP contribution in [0.4, 0.5) is 5.13 Å². The van der Waals surface area contributed by atoms with Crippen LogP contribution in [-0.2, 0) is 0 Å². The Kier molecular flexibility index (Phi) is 3.81. The molecular formula is C16H16N6OS. The number of hydrogen-bond acceptors (Lipinski definition) is 7. The van der Waals surface area contributed by atoms with Gasteiger partial charge in [0.05, 0.1) is 10.3 Å². The molecule has 0 unspecified atom stereocenters. The van der Waals surface area contributed by atoms with Gasteiger partial charge >= 0.3 is 0 Å². The number of thiazole rings is 1. The van der Waals surface area contributed by atoms with Crippen LogP contribution in [-0.4, -0.2) is 43.8 Å². The van der Waals surface area contributed by atoms with Crippen molar-refractivity contribution in [1.29, 1.82) is 0 Å². The second-order valence-electron chi connectivity index (χ2n) is 5.80. The molecule has 1 saturated heterocycles. The number of nitrogens with two attached hydrogens (primary N) is 1. The fourth-order valence-electron chi connectivity index (χ4n) is 3.05. The molecular weight excluding hydrogens is 324 g/mol. The fraction of sp³-hybridized carbons (Fsp3) is 0.312.